The van der Waals surface area contributed by atoms with E-state index in [0.29, 0.717) is 19.5 Å². The van der Waals surface area contributed by atoms with Gasteiger partial charge in [0, 0.05) is 26.2 Å². The Labute approximate surface area is 127 Å². The van der Waals surface area contributed by atoms with Crippen LogP contribution in [0.25, 0.3) is 0 Å². The lowest BCUT2D eigenvalue weighted by Gasteiger charge is -2.35. The maximum absolute atomic E-state index is 12.2. The smallest absolute Gasteiger partial charge is 0.239 e. The highest BCUT2D eigenvalue weighted by molar-refractivity contribution is 5.85. The molecule has 0 aliphatic carbocycles. The van der Waals surface area contributed by atoms with Crippen LogP contribution < -0.4 is 5.32 Å². The Morgan fingerprint density at radius 1 is 1.38 bits per heavy atom. The molecule has 1 aliphatic heterocycles. The number of aliphatic hydroxyl groups excluding tert-OH is 1. The van der Waals surface area contributed by atoms with E-state index in [1.54, 1.807) is 7.05 Å². The summed E-state index contributed by atoms with van der Waals surface area (Å²) in [6, 6.07) is 0.287. The van der Waals surface area contributed by atoms with E-state index in [9.17, 15) is 9.59 Å². The van der Waals surface area contributed by atoms with Gasteiger partial charge in [-0.25, -0.2) is 0 Å². The molecule has 0 aromatic rings. The zero-order valence-corrected chi connectivity index (χ0v) is 13.3. The topological polar surface area (TPSA) is 72.9 Å². The van der Waals surface area contributed by atoms with Crippen LogP contribution in [0, 0.1) is 0 Å². The van der Waals surface area contributed by atoms with Gasteiger partial charge in [0.25, 0.3) is 0 Å². The van der Waals surface area contributed by atoms with E-state index < -0.39 is 0 Å². The molecule has 1 atom stereocenters. The molecule has 0 radical (unpaired) electrons. The molecule has 1 saturated heterocycles. The Balaban J connectivity index is 2.41. The lowest BCUT2D eigenvalue weighted by Crippen LogP contribution is -2.48. The Kier molecular flexibility index (Phi) is 8.30. The summed E-state index contributed by atoms with van der Waals surface area (Å²) in [5.41, 5.74) is 0. The third kappa shape index (κ3) is 6.44. The monoisotopic (exact) mass is 299 g/mol. The standard InChI is InChI=1S/C15H29N3O3/c1-3-8-16-14(20)11-17(2)15(21)12-18-9-5-4-6-13(18)7-10-19/h13,19H,3-12H2,1-2H3,(H,16,20). The third-order valence-electron chi connectivity index (χ3n) is 3.93. The molecular weight excluding hydrogens is 270 g/mol. The number of piperidine rings is 1. The third-order valence-corrected chi connectivity index (χ3v) is 3.93. The number of likely N-dealkylation sites (N-methyl/N-ethyl adjacent to an activating group) is 1. The van der Waals surface area contributed by atoms with Crippen molar-refractivity contribution in [3.8, 4) is 0 Å². The number of likely N-dealkylation sites (tertiary alicyclic amines) is 1. The summed E-state index contributed by atoms with van der Waals surface area (Å²) in [5.74, 6) is -0.148. The molecule has 1 fully saturated rings. The van der Waals surface area contributed by atoms with Gasteiger partial charge in [-0.2, -0.15) is 0 Å². The Morgan fingerprint density at radius 3 is 2.81 bits per heavy atom. The zero-order chi connectivity index (χ0) is 15.7. The van der Waals surface area contributed by atoms with E-state index in [1.807, 2.05) is 6.92 Å². The van der Waals surface area contributed by atoms with Gasteiger partial charge in [-0.15, -0.1) is 0 Å². The molecule has 0 aromatic heterocycles. The number of carbonyl (C=O) groups is 2. The number of hydrogen-bond acceptors (Lipinski definition) is 4. The van der Waals surface area contributed by atoms with E-state index in [-0.39, 0.29) is 31.0 Å². The lowest BCUT2D eigenvalue weighted by atomic mass is 9.99. The molecule has 21 heavy (non-hydrogen) atoms. The average Bonchev–Trinajstić information content (AvgIpc) is 2.47. The fourth-order valence-corrected chi connectivity index (χ4v) is 2.66. The van der Waals surface area contributed by atoms with Gasteiger partial charge in [0.05, 0.1) is 13.1 Å². The molecule has 0 aromatic carbocycles. The van der Waals surface area contributed by atoms with Crippen molar-refractivity contribution in [3.63, 3.8) is 0 Å². The first kappa shape index (κ1) is 17.9. The summed E-state index contributed by atoms with van der Waals surface area (Å²) in [6.45, 7) is 4.13. The van der Waals surface area contributed by atoms with Crippen LogP contribution in [0.5, 0.6) is 0 Å². The first-order valence-electron chi connectivity index (χ1n) is 7.94. The second-order valence-corrected chi connectivity index (χ2v) is 5.73. The van der Waals surface area contributed by atoms with Crippen molar-refractivity contribution < 1.29 is 14.7 Å². The van der Waals surface area contributed by atoms with Crippen LogP contribution in [0.1, 0.15) is 39.0 Å². The number of nitrogens with one attached hydrogen (secondary N) is 1. The fraction of sp³-hybridized carbons (Fsp3) is 0.867. The summed E-state index contributed by atoms with van der Waals surface area (Å²) < 4.78 is 0. The minimum atomic E-state index is -0.113. The van der Waals surface area contributed by atoms with E-state index in [2.05, 4.69) is 10.2 Å². The number of carbonyl (C=O) groups excluding carboxylic acids is 2. The summed E-state index contributed by atoms with van der Waals surface area (Å²) >= 11 is 0. The molecule has 2 N–H and O–H groups in total. The number of hydrogen-bond donors (Lipinski definition) is 2. The van der Waals surface area contributed by atoms with Crippen molar-refractivity contribution in [2.45, 2.75) is 45.1 Å². The normalized spacial score (nSPS) is 19.3. The zero-order valence-electron chi connectivity index (χ0n) is 13.3. The minimum Gasteiger partial charge on any atom is -0.396 e. The van der Waals surface area contributed by atoms with E-state index in [1.165, 1.54) is 4.90 Å². The van der Waals surface area contributed by atoms with Crippen LogP contribution in [0.2, 0.25) is 0 Å². The molecule has 0 spiro atoms. The summed E-state index contributed by atoms with van der Waals surface area (Å²) in [4.78, 5) is 27.5. The van der Waals surface area contributed by atoms with Crippen LogP contribution >= 0.6 is 0 Å². The molecule has 0 bridgehead atoms. The summed E-state index contributed by atoms with van der Waals surface area (Å²) in [5, 5.41) is 11.9. The summed E-state index contributed by atoms with van der Waals surface area (Å²) in [6.07, 6.45) is 4.89. The van der Waals surface area contributed by atoms with Gasteiger partial charge in [-0.3, -0.25) is 14.5 Å². The molecular formula is C15H29N3O3. The molecule has 1 heterocycles. The quantitative estimate of drug-likeness (QED) is 0.672. The first-order valence-corrected chi connectivity index (χ1v) is 7.94. The molecule has 1 aliphatic rings. The number of rotatable bonds is 8. The molecule has 6 nitrogen and oxygen atoms in total. The van der Waals surface area contributed by atoms with Crippen LogP contribution in [0.4, 0.5) is 0 Å². The van der Waals surface area contributed by atoms with Crippen LogP contribution in [-0.2, 0) is 9.59 Å². The van der Waals surface area contributed by atoms with Gasteiger partial charge in [-0.1, -0.05) is 13.3 Å². The molecule has 122 valence electrons. The molecule has 1 rings (SSSR count). The molecule has 2 amide bonds. The van der Waals surface area contributed by atoms with Gasteiger partial charge < -0.3 is 15.3 Å². The lowest BCUT2D eigenvalue weighted by molar-refractivity contribution is -0.136. The second-order valence-electron chi connectivity index (χ2n) is 5.73. The highest BCUT2D eigenvalue weighted by Crippen LogP contribution is 2.19. The Bertz CT molecular complexity index is 334. The largest absolute Gasteiger partial charge is 0.396 e. The van der Waals surface area contributed by atoms with E-state index >= 15 is 0 Å². The highest BCUT2D eigenvalue weighted by atomic mass is 16.3. The van der Waals surface area contributed by atoms with Crippen molar-refractivity contribution in [3.05, 3.63) is 0 Å². The Hall–Kier alpha value is -1.14. The molecule has 6 heteroatoms. The summed E-state index contributed by atoms with van der Waals surface area (Å²) in [7, 11) is 1.67. The van der Waals surface area contributed by atoms with Crippen molar-refractivity contribution >= 4 is 11.8 Å². The van der Waals surface area contributed by atoms with Gasteiger partial charge >= 0.3 is 0 Å². The van der Waals surface area contributed by atoms with Crippen LogP contribution in [0.15, 0.2) is 0 Å². The average molecular weight is 299 g/mol. The molecule has 0 saturated carbocycles. The van der Waals surface area contributed by atoms with Gasteiger partial charge in [0.1, 0.15) is 0 Å². The predicted octanol–water partition coefficient (Wildman–Crippen LogP) is 0.208. The van der Waals surface area contributed by atoms with Crippen molar-refractivity contribution in [1.29, 1.82) is 0 Å². The minimum absolute atomic E-state index is 0.0357. The van der Waals surface area contributed by atoms with Crippen molar-refractivity contribution in [2.75, 3.05) is 39.8 Å². The maximum Gasteiger partial charge on any atom is 0.239 e. The Morgan fingerprint density at radius 2 is 2.14 bits per heavy atom. The second kappa shape index (κ2) is 9.73. The number of amides is 2. The highest BCUT2D eigenvalue weighted by Gasteiger charge is 2.25. The van der Waals surface area contributed by atoms with E-state index in [4.69, 9.17) is 5.11 Å². The number of nitrogens with zero attached hydrogens (tertiary/aromatic N) is 2. The van der Waals surface area contributed by atoms with Crippen LogP contribution in [-0.4, -0.2) is 72.6 Å². The molecule has 1 unspecified atom stereocenters. The number of aliphatic hydroxyl groups is 1. The van der Waals surface area contributed by atoms with Crippen molar-refractivity contribution in [1.82, 2.24) is 15.1 Å². The van der Waals surface area contributed by atoms with Gasteiger partial charge in [0.2, 0.25) is 11.8 Å². The predicted molar refractivity (Wildman–Crippen MR) is 81.9 cm³/mol. The van der Waals surface area contributed by atoms with Gasteiger partial charge in [-0.05, 0) is 32.2 Å². The van der Waals surface area contributed by atoms with Crippen LogP contribution in [0.3, 0.4) is 0 Å². The fourth-order valence-electron chi connectivity index (χ4n) is 2.66. The SMILES string of the molecule is CCCNC(=O)CN(C)C(=O)CN1CCCCC1CCO. The van der Waals surface area contributed by atoms with Gasteiger partial charge in [0.15, 0.2) is 0 Å². The first-order chi connectivity index (χ1) is 10.1. The van der Waals surface area contributed by atoms with E-state index in [0.717, 1.165) is 32.2 Å². The van der Waals surface area contributed by atoms with Crippen molar-refractivity contribution in [2.24, 2.45) is 0 Å². The maximum atomic E-state index is 12.2.